The number of hydrogen-bond acceptors (Lipinski definition) is 3. The summed E-state index contributed by atoms with van der Waals surface area (Å²) in [5.41, 5.74) is -0.536. The van der Waals surface area contributed by atoms with Gasteiger partial charge in [0.05, 0.1) is 5.56 Å². The van der Waals surface area contributed by atoms with Crippen molar-refractivity contribution in [3.63, 3.8) is 0 Å². The van der Waals surface area contributed by atoms with Crippen LogP contribution in [0.5, 0.6) is 0 Å². The SMILES string of the molecule is C[Si](C)(C)CCOCn1nc(Br)c(C(F)F)c1C#N. The molecular weight excluding hydrogens is 336 g/mol. The topological polar surface area (TPSA) is 50.8 Å². The van der Waals surface area contributed by atoms with Crippen LogP contribution in [0.25, 0.3) is 0 Å². The highest BCUT2D eigenvalue weighted by Gasteiger charge is 2.23. The van der Waals surface area contributed by atoms with Crippen LogP contribution in [-0.4, -0.2) is 24.5 Å². The van der Waals surface area contributed by atoms with Crippen molar-refractivity contribution in [1.29, 1.82) is 5.26 Å². The highest BCUT2D eigenvalue weighted by atomic mass is 79.9. The molecule has 0 aliphatic rings. The average molecular weight is 352 g/mol. The van der Waals surface area contributed by atoms with Crippen molar-refractivity contribution >= 4 is 24.0 Å². The van der Waals surface area contributed by atoms with Gasteiger partial charge in [0, 0.05) is 14.7 Å². The number of halogens is 3. The van der Waals surface area contributed by atoms with E-state index >= 15 is 0 Å². The molecule has 0 N–H and O–H groups in total. The minimum Gasteiger partial charge on any atom is -0.359 e. The zero-order valence-corrected chi connectivity index (χ0v) is 13.7. The molecule has 0 bridgehead atoms. The third-order valence-electron chi connectivity index (χ3n) is 2.48. The molecule has 0 radical (unpaired) electrons. The predicted octanol–water partition coefficient (Wildman–Crippen LogP) is 3.77. The highest BCUT2D eigenvalue weighted by Crippen LogP contribution is 2.29. The summed E-state index contributed by atoms with van der Waals surface area (Å²) in [6.45, 7) is 7.21. The molecular formula is C11H16BrF2N3OSi. The molecule has 1 rings (SSSR count). The Balaban J connectivity index is 2.70. The van der Waals surface area contributed by atoms with E-state index < -0.39 is 14.5 Å². The molecule has 0 spiro atoms. The Hall–Kier alpha value is -0.783. The van der Waals surface area contributed by atoms with E-state index in [9.17, 15) is 8.78 Å². The normalized spacial score (nSPS) is 11.9. The monoisotopic (exact) mass is 351 g/mol. The van der Waals surface area contributed by atoms with Crippen molar-refractivity contribution in [2.24, 2.45) is 0 Å². The second-order valence-electron chi connectivity index (χ2n) is 5.31. The summed E-state index contributed by atoms with van der Waals surface area (Å²) in [6, 6.07) is 2.71. The van der Waals surface area contributed by atoms with Crippen molar-refractivity contribution in [1.82, 2.24) is 9.78 Å². The average Bonchev–Trinajstić information content (AvgIpc) is 2.59. The van der Waals surface area contributed by atoms with E-state index in [1.807, 2.05) is 0 Å². The lowest BCUT2D eigenvalue weighted by Gasteiger charge is -2.15. The molecule has 4 nitrogen and oxygen atoms in total. The second kappa shape index (κ2) is 6.59. The van der Waals surface area contributed by atoms with Gasteiger partial charge in [-0.3, -0.25) is 0 Å². The van der Waals surface area contributed by atoms with E-state index in [0.29, 0.717) is 6.61 Å². The van der Waals surface area contributed by atoms with Crippen LogP contribution >= 0.6 is 15.9 Å². The molecule has 106 valence electrons. The van der Waals surface area contributed by atoms with Crippen LogP contribution in [0, 0.1) is 11.3 Å². The van der Waals surface area contributed by atoms with E-state index in [4.69, 9.17) is 10.00 Å². The summed E-state index contributed by atoms with van der Waals surface area (Å²) < 4.78 is 32.1. The van der Waals surface area contributed by atoms with Gasteiger partial charge >= 0.3 is 0 Å². The van der Waals surface area contributed by atoms with Crippen molar-refractivity contribution in [2.75, 3.05) is 6.61 Å². The van der Waals surface area contributed by atoms with Crippen molar-refractivity contribution in [3.05, 3.63) is 15.9 Å². The van der Waals surface area contributed by atoms with E-state index in [1.165, 1.54) is 0 Å². The number of ether oxygens (including phenoxy) is 1. The Bertz CT molecular complexity index is 480. The molecule has 19 heavy (non-hydrogen) atoms. The maximum absolute atomic E-state index is 12.8. The molecule has 0 fully saturated rings. The number of nitriles is 1. The van der Waals surface area contributed by atoms with Gasteiger partial charge in [0.15, 0.2) is 5.69 Å². The third kappa shape index (κ3) is 4.67. The Morgan fingerprint density at radius 1 is 1.47 bits per heavy atom. The number of hydrogen-bond donors (Lipinski definition) is 0. The Morgan fingerprint density at radius 2 is 2.11 bits per heavy atom. The van der Waals surface area contributed by atoms with Crippen molar-refractivity contribution < 1.29 is 13.5 Å². The van der Waals surface area contributed by atoms with E-state index in [0.717, 1.165) is 10.7 Å². The summed E-state index contributed by atoms with van der Waals surface area (Å²) in [5, 5.41) is 12.8. The standard InChI is InChI=1S/C11H16BrF2N3OSi/c1-19(2,3)5-4-18-7-17-8(6-15)9(11(13)14)10(12)16-17/h11H,4-5,7H2,1-3H3. The largest absolute Gasteiger partial charge is 0.359 e. The fourth-order valence-electron chi connectivity index (χ4n) is 1.38. The summed E-state index contributed by atoms with van der Waals surface area (Å²) in [4.78, 5) is 0. The van der Waals surface area contributed by atoms with Gasteiger partial charge in [-0.05, 0) is 22.0 Å². The van der Waals surface area contributed by atoms with Gasteiger partial charge in [0.25, 0.3) is 6.43 Å². The lowest BCUT2D eigenvalue weighted by atomic mass is 10.3. The molecule has 1 aromatic rings. The summed E-state index contributed by atoms with van der Waals surface area (Å²) in [7, 11) is -1.19. The van der Waals surface area contributed by atoms with Crippen LogP contribution in [0.2, 0.25) is 25.7 Å². The number of rotatable bonds is 6. The van der Waals surface area contributed by atoms with Gasteiger partial charge in [-0.1, -0.05) is 19.6 Å². The van der Waals surface area contributed by atoms with Gasteiger partial charge in [0.2, 0.25) is 0 Å². The number of nitrogens with zero attached hydrogens (tertiary/aromatic N) is 3. The molecule has 8 heteroatoms. The third-order valence-corrected chi connectivity index (χ3v) is 4.77. The molecule has 0 amide bonds. The maximum atomic E-state index is 12.8. The highest BCUT2D eigenvalue weighted by molar-refractivity contribution is 9.10. The molecule has 0 atom stereocenters. The van der Waals surface area contributed by atoms with Gasteiger partial charge in [-0.15, -0.1) is 0 Å². The molecule has 0 aliphatic carbocycles. The van der Waals surface area contributed by atoms with Gasteiger partial charge < -0.3 is 4.74 Å². The first-order chi connectivity index (χ1) is 8.76. The molecule has 0 aliphatic heterocycles. The first kappa shape index (κ1) is 16.3. The van der Waals surface area contributed by atoms with Gasteiger partial charge in [-0.25, -0.2) is 13.5 Å². The fraction of sp³-hybridized carbons (Fsp3) is 0.636. The van der Waals surface area contributed by atoms with Crippen LogP contribution in [-0.2, 0) is 11.5 Å². The van der Waals surface area contributed by atoms with E-state index in [-0.39, 0.29) is 22.6 Å². The van der Waals surface area contributed by atoms with Gasteiger partial charge in [-0.2, -0.15) is 10.4 Å². The van der Waals surface area contributed by atoms with E-state index in [2.05, 4.69) is 40.7 Å². The summed E-state index contributed by atoms with van der Waals surface area (Å²) in [5.74, 6) is 0. The molecule has 1 heterocycles. The molecule has 0 aromatic carbocycles. The second-order valence-corrected chi connectivity index (χ2v) is 11.7. The maximum Gasteiger partial charge on any atom is 0.269 e. The quantitative estimate of drug-likeness (QED) is 0.579. The minimum atomic E-state index is -2.74. The van der Waals surface area contributed by atoms with Crippen LogP contribution < -0.4 is 0 Å². The first-order valence-corrected chi connectivity index (χ1v) is 10.3. The lowest BCUT2D eigenvalue weighted by Crippen LogP contribution is -2.22. The Labute approximate surface area is 120 Å². The Morgan fingerprint density at radius 3 is 2.58 bits per heavy atom. The van der Waals surface area contributed by atoms with Gasteiger partial charge in [0.1, 0.15) is 17.4 Å². The zero-order valence-electron chi connectivity index (χ0n) is 11.1. The zero-order chi connectivity index (χ0) is 14.6. The summed E-state index contributed by atoms with van der Waals surface area (Å²) >= 11 is 2.94. The summed E-state index contributed by atoms with van der Waals surface area (Å²) in [6.07, 6.45) is -2.74. The van der Waals surface area contributed by atoms with Crippen LogP contribution in [0.3, 0.4) is 0 Å². The van der Waals surface area contributed by atoms with Crippen molar-refractivity contribution in [2.45, 2.75) is 38.8 Å². The molecule has 1 aromatic heterocycles. The van der Waals surface area contributed by atoms with Crippen LogP contribution in [0.4, 0.5) is 8.78 Å². The number of alkyl halides is 2. The Kier molecular flexibility index (Phi) is 5.64. The van der Waals surface area contributed by atoms with Crippen LogP contribution in [0.1, 0.15) is 17.7 Å². The van der Waals surface area contributed by atoms with E-state index in [1.54, 1.807) is 6.07 Å². The first-order valence-electron chi connectivity index (χ1n) is 5.78. The lowest BCUT2D eigenvalue weighted by molar-refractivity contribution is 0.0773. The number of aromatic nitrogens is 2. The molecule has 0 saturated carbocycles. The fourth-order valence-corrected chi connectivity index (χ4v) is 2.69. The molecule has 0 saturated heterocycles. The van der Waals surface area contributed by atoms with Crippen molar-refractivity contribution in [3.8, 4) is 6.07 Å². The van der Waals surface area contributed by atoms with Crippen LogP contribution in [0.15, 0.2) is 4.60 Å². The minimum absolute atomic E-state index is 0.00662. The predicted molar refractivity (Wildman–Crippen MR) is 73.7 cm³/mol. The molecule has 0 unspecified atom stereocenters. The smallest absolute Gasteiger partial charge is 0.269 e.